The lowest BCUT2D eigenvalue weighted by atomic mass is 10.0. The average molecular weight is 737 g/mol. The van der Waals surface area contributed by atoms with Crippen LogP contribution in [0.1, 0.15) is 94.2 Å². The fourth-order valence-electron chi connectivity index (χ4n) is 7.17. The van der Waals surface area contributed by atoms with Crippen molar-refractivity contribution in [3.05, 3.63) is 71.4 Å². The predicted molar refractivity (Wildman–Crippen MR) is 203 cm³/mol. The van der Waals surface area contributed by atoms with Crippen LogP contribution in [-0.4, -0.2) is 93.4 Å². The van der Waals surface area contributed by atoms with Crippen molar-refractivity contribution in [2.24, 2.45) is 10.9 Å². The lowest BCUT2D eigenvalue weighted by Crippen LogP contribution is -2.51. The highest BCUT2D eigenvalue weighted by Gasteiger charge is 2.38. The highest BCUT2D eigenvalue weighted by molar-refractivity contribution is 5.86. The van der Waals surface area contributed by atoms with Crippen LogP contribution >= 0.6 is 0 Å². The fraction of sp³-hybridized carbons (Fsp3) is 0.450. The molecule has 0 radical (unpaired) electrons. The number of ether oxygens (including phenoxy) is 1. The molecule has 4 aromatic rings. The summed E-state index contributed by atoms with van der Waals surface area (Å²) >= 11 is 0. The molecule has 0 unspecified atom stereocenters. The molecule has 54 heavy (non-hydrogen) atoms. The third kappa shape index (κ3) is 8.58. The van der Waals surface area contributed by atoms with Gasteiger partial charge in [-0.25, -0.2) is 19.8 Å². The second kappa shape index (κ2) is 17.4. The lowest BCUT2D eigenvalue weighted by Gasteiger charge is -2.30. The molecule has 284 valence electrons. The number of rotatable bonds is 12. The molecule has 4 heterocycles. The molecule has 2 aliphatic heterocycles. The zero-order valence-electron chi connectivity index (χ0n) is 31.4. The van der Waals surface area contributed by atoms with E-state index in [4.69, 9.17) is 14.6 Å². The summed E-state index contributed by atoms with van der Waals surface area (Å²) in [7, 11) is 2.68. The number of aromatic amines is 2. The third-order valence-corrected chi connectivity index (χ3v) is 9.96. The number of hydrogen-bond donors (Lipinski definition) is 3. The molecule has 0 spiro atoms. The number of imidazole rings is 2. The summed E-state index contributed by atoms with van der Waals surface area (Å²) in [6, 6.07) is 12.2. The van der Waals surface area contributed by atoms with E-state index in [1.54, 1.807) is 11.1 Å². The molecule has 0 bridgehead atoms. The van der Waals surface area contributed by atoms with E-state index >= 15 is 0 Å². The van der Waals surface area contributed by atoms with Crippen LogP contribution < -0.4 is 5.32 Å². The Morgan fingerprint density at radius 3 is 2.33 bits per heavy atom. The number of hydrogen-bond acceptors (Lipinski definition) is 9. The molecule has 14 nitrogen and oxygen atoms in total. The van der Waals surface area contributed by atoms with E-state index in [1.807, 2.05) is 68.1 Å². The van der Waals surface area contributed by atoms with Crippen LogP contribution in [0.4, 0.5) is 4.79 Å². The van der Waals surface area contributed by atoms with Crippen molar-refractivity contribution in [3.8, 4) is 23.1 Å². The summed E-state index contributed by atoms with van der Waals surface area (Å²) in [4.78, 5) is 72.6. The molecule has 3 N–H and O–H groups in total. The Labute approximate surface area is 315 Å². The van der Waals surface area contributed by atoms with Gasteiger partial charge in [-0.3, -0.25) is 9.59 Å². The number of aliphatic imine (C=N–C) groups is 1. The van der Waals surface area contributed by atoms with E-state index in [1.165, 1.54) is 20.6 Å². The molecule has 2 fully saturated rings. The zero-order valence-corrected chi connectivity index (χ0v) is 31.4. The summed E-state index contributed by atoms with van der Waals surface area (Å²) < 4.78 is 4.75. The van der Waals surface area contributed by atoms with E-state index in [0.29, 0.717) is 25.3 Å². The van der Waals surface area contributed by atoms with Crippen molar-refractivity contribution in [2.45, 2.75) is 83.5 Å². The van der Waals surface area contributed by atoms with Gasteiger partial charge in [0.15, 0.2) is 0 Å². The minimum Gasteiger partial charge on any atom is -0.453 e. The number of fused-ring (bicyclic) bond motifs is 1. The first-order chi connectivity index (χ1) is 26.2. The van der Waals surface area contributed by atoms with Crippen LogP contribution in [0, 0.1) is 17.8 Å². The van der Waals surface area contributed by atoms with Gasteiger partial charge in [-0.05, 0) is 73.9 Å². The van der Waals surface area contributed by atoms with Gasteiger partial charge in [0, 0.05) is 24.2 Å². The minimum absolute atomic E-state index is 0.0418. The normalized spacial score (nSPS) is 18.2. The summed E-state index contributed by atoms with van der Waals surface area (Å²) in [5.41, 5.74) is 5.16. The van der Waals surface area contributed by atoms with Gasteiger partial charge in [-0.15, -0.1) is 0 Å². The minimum atomic E-state index is -0.688. The van der Waals surface area contributed by atoms with Crippen molar-refractivity contribution >= 4 is 35.3 Å². The Morgan fingerprint density at radius 2 is 1.65 bits per heavy atom. The highest BCUT2D eigenvalue weighted by Crippen LogP contribution is 2.34. The third-order valence-electron chi connectivity index (χ3n) is 9.96. The SMILES string of the molecule is CCC[C@H](N=COOC)C(=O)N1CCC[C@H]1c1nc2ccc(C#Cc3ccc(-c4cnc([C@@H]5CCCN5C(=O)[C@@H](NC(=O)OC)C(C)C)[nH]4)cc3)cc2[nH]1. The molecular formula is C40H48N8O6. The van der Waals surface area contributed by atoms with Crippen LogP contribution in [0.15, 0.2) is 53.7 Å². The molecule has 0 aliphatic carbocycles. The number of nitrogens with zero attached hydrogens (tertiary/aromatic N) is 5. The molecule has 0 saturated carbocycles. The fourth-order valence-corrected chi connectivity index (χ4v) is 7.17. The standard InChI is InChI=1S/C40H48N8O6/c1-6-9-30(42-24-54-53-5)38(49)47-20-8-11-34(47)37-43-29-19-16-27(22-31(29)44-37)13-12-26-14-17-28(18-15-26)32-23-41-36(45-32)33-10-7-21-48(33)39(50)35(25(2)3)46-40(51)52-4/h14-19,22-25,30,33-35H,6-11,20-21H2,1-5H3,(H,41,45)(H,43,44)(H,46,51)/t30-,33-,34-,35-/m0/s1. The zero-order chi connectivity index (χ0) is 38.2. The maximum atomic E-state index is 13.5. The summed E-state index contributed by atoms with van der Waals surface area (Å²) in [5.74, 6) is 7.71. The number of aromatic nitrogens is 4. The number of benzene rings is 2. The Bertz CT molecular complexity index is 2030. The van der Waals surface area contributed by atoms with Gasteiger partial charge in [-0.2, -0.15) is 4.89 Å². The van der Waals surface area contributed by atoms with Gasteiger partial charge in [0.25, 0.3) is 0 Å². The summed E-state index contributed by atoms with van der Waals surface area (Å²) in [5, 5.41) is 2.69. The molecule has 4 atom stereocenters. The van der Waals surface area contributed by atoms with Crippen LogP contribution in [0.25, 0.3) is 22.3 Å². The average Bonchev–Trinajstić information content (AvgIpc) is 4.01. The Balaban J connectivity index is 1.12. The van der Waals surface area contributed by atoms with Crippen molar-refractivity contribution < 1.29 is 28.9 Å². The van der Waals surface area contributed by atoms with Crippen LogP contribution in [-0.2, 0) is 24.1 Å². The topological polar surface area (TPSA) is 167 Å². The Hall–Kier alpha value is -5.68. The summed E-state index contributed by atoms with van der Waals surface area (Å²) in [6.45, 7) is 7.06. The van der Waals surface area contributed by atoms with Crippen LogP contribution in [0.5, 0.6) is 0 Å². The number of likely N-dealkylation sites (tertiary alicyclic amines) is 2. The van der Waals surface area contributed by atoms with Gasteiger partial charge in [0.2, 0.25) is 18.2 Å². The second-order valence-corrected chi connectivity index (χ2v) is 13.9. The predicted octanol–water partition coefficient (Wildman–Crippen LogP) is 5.84. The van der Waals surface area contributed by atoms with Gasteiger partial charge in [-0.1, -0.05) is 51.2 Å². The first-order valence-electron chi connectivity index (χ1n) is 18.5. The van der Waals surface area contributed by atoms with Crippen molar-refractivity contribution in [2.75, 3.05) is 27.3 Å². The van der Waals surface area contributed by atoms with Crippen molar-refractivity contribution in [1.29, 1.82) is 0 Å². The van der Waals surface area contributed by atoms with E-state index in [0.717, 1.165) is 71.3 Å². The molecule has 6 rings (SSSR count). The largest absolute Gasteiger partial charge is 0.453 e. The van der Waals surface area contributed by atoms with Gasteiger partial charge in [0.1, 0.15) is 23.7 Å². The first-order valence-corrected chi connectivity index (χ1v) is 18.5. The molecular weight excluding hydrogens is 688 g/mol. The monoisotopic (exact) mass is 736 g/mol. The maximum absolute atomic E-state index is 13.5. The van der Waals surface area contributed by atoms with Crippen LogP contribution in [0.3, 0.4) is 0 Å². The molecule has 2 aliphatic rings. The smallest absolute Gasteiger partial charge is 0.407 e. The lowest BCUT2D eigenvalue weighted by molar-refractivity contribution is -0.188. The number of amides is 3. The number of carbonyl (C=O) groups excluding carboxylic acids is 3. The van der Waals surface area contributed by atoms with E-state index in [-0.39, 0.29) is 29.8 Å². The van der Waals surface area contributed by atoms with E-state index in [9.17, 15) is 14.4 Å². The Kier molecular flexibility index (Phi) is 12.3. The maximum Gasteiger partial charge on any atom is 0.407 e. The highest BCUT2D eigenvalue weighted by atomic mass is 17.2. The molecule has 3 amide bonds. The molecule has 14 heteroatoms. The van der Waals surface area contributed by atoms with Gasteiger partial charge < -0.3 is 34.7 Å². The number of carbonyl (C=O) groups is 3. The quantitative estimate of drug-likeness (QED) is 0.0537. The number of nitrogens with one attached hydrogen (secondary N) is 3. The van der Waals surface area contributed by atoms with Gasteiger partial charge in [0.05, 0.1) is 49.2 Å². The van der Waals surface area contributed by atoms with Crippen molar-refractivity contribution in [3.63, 3.8) is 0 Å². The number of methoxy groups -OCH3 is 1. The number of alkyl carbamates (subject to hydrolysis) is 1. The Morgan fingerprint density at radius 1 is 0.963 bits per heavy atom. The van der Waals surface area contributed by atoms with Gasteiger partial charge >= 0.3 is 6.09 Å². The second-order valence-electron chi connectivity index (χ2n) is 13.9. The van der Waals surface area contributed by atoms with E-state index < -0.39 is 18.2 Å². The van der Waals surface area contributed by atoms with E-state index in [2.05, 4.69) is 42.0 Å². The summed E-state index contributed by atoms with van der Waals surface area (Å²) in [6.07, 6.45) is 7.10. The number of H-pyrrole nitrogens is 2. The molecule has 2 aromatic carbocycles. The molecule has 2 aromatic heterocycles. The van der Waals surface area contributed by atoms with Crippen molar-refractivity contribution in [1.82, 2.24) is 35.1 Å². The van der Waals surface area contributed by atoms with Crippen LogP contribution in [0.2, 0.25) is 0 Å². The first kappa shape index (κ1) is 38.1. The molecule has 2 saturated heterocycles.